The van der Waals surface area contributed by atoms with Gasteiger partial charge >= 0.3 is 0 Å². The van der Waals surface area contributed by atoms with Crippen LogP contribution in [0.3, 0.4) is 0 Å². The van der Waals surface area contributed by atoms with E-state index in [-0.39, 0.29) is 5.91 Å². The Hall–Kier alpha value is -3.68. The molecule has 1 aromatic carbocycles. The van der Waals surface area contributed by atoms with Crippen LogP contribution in [-0.2, 0) is 9.59 Å². The molecule has 1 unspecified atom stereocenters. The summed E-state index contributed by atoms with van der Waals surface area (Å²) >= 11 is 0. The third-order valence-electron chi connectivity index (χ3n) is 3.85. The first-order valence-electron chi connectivity index (χ1n) is 8.26. The fraction of sp³-hybridized carbons (Fsp3) is 0.158. The smallest absolute Gasteiger partial charge is 0.270 e. The summed E-state index contributed by atoms with van der Waals surface area (Å²) in [5, 5.41) is 3.07. The molecule has 0 bridgehead atoms. The molecule has 3 N–H and O–H groups in total. The number of amides is 3. The molecule has 0 spiro atoms. The zero-order valence-electron chi connectivity index (χ0n) is 14.8. The summed E-state index contributed by atoms with van der Waals surface area (Å²) < 4.78 is 5.37. The van der Waals surface area contributed by atoms with Gasteiger partial charge in [0, 0.05) is 12.3 Å². The van der Waals surface area contributed by atoms with Gasteiger partial charge in [0.1, 0.15) is 11.7 Å². The van der Waals surface area contributed by atoms with E-state index in [9.17, 15) is 14.4 Å². The molecule has 0 fully saturated rings. The molecule has 8 nitrogen and oxygen atoms in total. The molecule has 3 rings (SSSR count). The number of benzene rings is 1. The average Bonchev–Trinajstić information content (AvgIpc) is 3.19. The van der Waals surface area contributed by atoms with Crippen LogP contribution in [0.15, 0.2) is 53.1 Å². The topological polar surface area (TPSA) is 113 Å². The Labute approximate surface area is 154 Å². The van der Waals surface area contributed by atoms with E-state index < -0.39 is 17.9 Å². The lowest BCUT2D eigenvalue weighted by Gasteiger charge is -2.14. The predicted molar refractivity (Wildman–Crippen MR) is 98.3 cm³/mol. The van der Waals surface area contributed by atoms with E-state index in [2.05, 4.69) is 21.2 Å². The highest BCUT2D eigenvalue weighted by Gasteiger charge is 2.18. The number of carbonyl (C=O) groups excluding carboxylic acids is 3. The first kappa shape index (κ1) is 18.1. The molecular weight excluding hydrogens is 348 g/mol. The number of nitrogens with zero attached hydrogens (tertiary/aromatic N) is 1. The van der Waals surface area contributed by atoms with Crippen molar-refractivity contribution in [2.24, 2.45) is 0 Å². The normalized spacial score (nSPS) is 11.6. The molecule has 2 aromatic heterocycles. The summed E-state index contributed by atoms with van der Waals surface area (Å²) in [5.74, 6) is -0.863. The third kappa shape index (κ3) is 4.12. The molecule has 27 heavy (non-hydrogen) atoms. The largest absolute Gasteiger partial charge is 0.463 e. The first-order chi connectivity index (χ1) is 13.0. The molecule has 138 valence electrons. The minimum Gasteiger partial charge on any atom is -0.463 e. The molecule has 0 radical (unpaired) electrons. The van der Waals surface area contributed by atoms with E-state index in [1.54, 1.807) is 36.4 Å². The molecule has 0 saturated heterocycles. The second kappa shape index (κ2) is 7.69. The second-order valence-electron chi connectivity index (χ2n) is 5.92. The van der Waals surface area contributed by atoms with E-state index in [1.165, 1.54) is 20.1 Å². The van der Waals surface area contributed by atoms with Crippen molar-refractivity contribution in [3.05, 3.63) is 54.3 Å². The van der Waals surface area contributed by atoms with E-state index in [0.29, 0.717) is 27.9 Å². The molecule has 3 amide bonds. The Balaban J connectivity index is 1.85. The number of nitrogens with one attached hydrogen (secondary N) is 3. The summed E-state index contributed by atoms with van der Waals surface area (Å²) in [6.07, 6.45) is 1.52. The molecule has 0 aliphatic carbocycles. The van der Waals surface area contributed by atoms with Gasteiger partial charge in [-0.05, 0) is 31.2 Å². The monoisotopic (exact) mass is 366 g/mol. The summed E-state index contributed by atoms with van der Waals surface area (Å²) in [5.41, 5.74) is 6.13. The van der Waals surface area contributed by atoms with Gasteiger partial charge in [-0.25, -0.2) is 4.98 Å². The summed E-state index contributed by atoms with van der Waals surface area (Å²) in [7, 11) is 0. The van der Waals surface area contributed by atoms with Crippen molar-refractivity contribution in [2.45, 2.75) is 19.9 Å². The van der Waals surface area contributed by atoms with E-state index >= 15 is 0 Å². The third-order valence-corrected chi connectivity index (χ3v) is 3.85. The Morgan fingerprint density at radius 3 is 2.56 bits per heavy atom. The van der Waals surface area contributed by atoms with Crippen LogP contribution in [0.25, 0.3) is 22.4 Å². The van der Waals surface area contributed by atoms with Gasteiger partial charge in [0.05, 0.1) is 17.3 Å². The van der Waals surface area contributed by atoms with Crippen LogP contribution in [0.1, 0.15) is 24.2 Å². The number of hydrazine groups is 1. The number of hydrogen-bond acceptors (Lipinski definition) is 5. The summed E-state index contributed by atoms with van der Waals surface area (Å²) in [6, 6.07) is 11.5. The molecular formula is C19H18N4O4. The molecule has 0 aliphatic rings. The van der Waals surface area contributed by atoms with Gasteiger partial charge in [-0.3, -0.25) is 25.2 Å². The van der Waals surface area contributed by atoms with E-state index in [4.69, 9.17) is 4.42 Å². The minimum absolute atomic E-state index is 0.333. The number of furan rings is 1. The number of para-hydroxylation sites is 1. The van der Waals surface area contributed by atoms with Crippen molar-refractivity contribution < 1.29 is 18.8 Å². The maximum absolute atomic E-state index is 12.7. The summed E-state index contributed by atoms with van der Waals surface area (Å²) in [6.45, 7) is 2.82. The minimum atomic E-state index is -0.782. The van der Waals surface area contributed by atoms with Crippen molar-refractivity contribution in [3.63, 3.8) is 0 Å². The number of carbonyl (C=O) groups is 3. The number of rotatable bonds is 4. The lowest BCUT2D eigenvalue weighted by Crippen LogP contribution is -2.50. The molecule has 0 saturated carbocycles. The van der Waals surface area contributed by atoms with Crippen LogP contribution in [0.5, 0.6) is 0 Å². The van der Waals surface area contributed by atoms with Crippen LogP contribution in [0, 0.1) is 0 Å². The average molecular weight is 366 g/mol. The highest BCUT2D eigenvalue weighted by Crippen LogP contribution is 2.25. The van der Waals surface area contributed by atoms with Gasteiger partial charge in [0.15, 0.2) is 5.76 Å². The Morgan fingerprint density at radius 2 is 1.85 bits per heavy atom. The van der Waals surface area contributed by atoms with Gasteiger partial charge in [-0.15, -0.1) is 0 Å². The highest BCUT2D eigenvalue weighted by atomic mass is 16.3. The number of pyridine rings is 1. The van der Waals surface area contributed by atoms with Gasteiger partial charge in [-0.1, -0.05) is 18.2 Å². The van der Waals surface area contributed by atoms with Crippen LogP contribution in [-0.4, -0.2) is 28.7 Å². The number of aromatic nitrogens is 1. The lowest BCUT2D eigenvalue weighted by atomic mass is 10.1. The first-order valence-corrected chi connectivity index (χ1v) is 8.26. The fourth-order valence-electron chi connectivity index (χ4n) is 2.58. The second-order valence-corrected chi connectivity index (χ2v) is 5.92. The molecule has 2 heterocycles. The van der Waals surface area contributed by atoms with Crippen LogP contribution >= 0.6 is 0 Å². The Kier molecular flexibility index (Phi) is 5.16. The van der Waals surface area contributed by atoms with Gasteiger partial charge in [0.25, 0.3) is 11.8 Å². The molecule has 8 heteroatoms. The van der Waals surface area contributed by atoms with Gasteiger partial charge in [-0.2, -0.15) is 0 Å². The summed E-state index contributed by atoms with van der Waals surface area (Å²) in [4.78, 5) is 40.2. The Bertz CT molecular complexity index is 998. The molecule has 1 atom stereocenters. The predicted octanol–water partition coefficient (Wildman–Crippen LogP) is 1.78. The maximum Gasteiger partial charge on any atom is 0.270 e. The quantitative estimate of drug-likeness (QED) is 0.609. The van der Waals surface area contributed by atoms with Crippen molar-refractivity contribution in [3.8, 4) is 11.5 Å². The van der Waals surface area contributed by atoms with Crippen LogP contribution in [0.2, 0.25) is 0 Å². The number of hydrogen-bond donors (Lipinski definition) is 3. The van der Waals surface area contributed by atoms with E-state index in [0.717, 1.165) is 0 Å². The van der Waals surface area contributed by atoms with Crippen molar-refractivity contribution >= 4 is 28.6 Å². The van der Waals surface area contributed by atoms with E-state index in [1.807, 2.05) is 6.07 Å². The number of fused-ring (bicyclic) bond motifs is 1. The maximum atomic E-state index is 12.7. The SMILES string of the molecule is CC(=O)NC(C)C(=O)NNC(=O)c1cc(-c2ccco2)nc2ccccc12. The highest BCUT2D eigenvalue weighted by molar-refractivity contribution is 6.07. The van der Waals surface area contributed by atoms with Crippen LogP contribution < -0.4 is 16.2 Å². The van der Waals surface area contributed by atoms with Crippen molar-refractivity contribution in [1.82, 2.24) is 21.2 Å². The molecule has 0 aliphatic heterocycles. The zero-order valence-corrected chi connectivity index (χ0v) is 14.8. The van der Waals surface area contributed by atoms with Crippen LogP contribution in [0.4, 0.5) is 0 Å². The van der Waals surface area contributed by atoms with Gasteiger partial charge in [0.2, 0.25) is 5.91 Å². The molecule has 3 aromatic rings. The van der Waals surface area contributed by atoms with Gasteiger partial charge < -0.3 is 9.73 Å². The van der Waals surface area contributed by atoms with Crippen molar-refractivity contribution in [1.29, 1.82) is 0 Å². The lowest BCUT2D eigenvalue weighted by molar-refractivity contribution is -0.128. The standard InChI is InChI=1S/C19H18N4O4/c1-11(20-12(2)24)18(25)22-23-19(26)14-10-16(17-8-5-9-27-17)21-15-7-4-3-6-13(14)15/h3-11H,1-2H3,(H,20,24)(H,22,25)(H,23,26). The van der Waals surface area contributed by atoms with Crippen molar-refractivity contribution in [2.75, 3.05) is 0 Å². The fourth-order valence-corrected chi connectivity index (χ4v) is 2.58. The Morgan fingerprint density at radius 1 is 1.07 bits per heavy atom. The zero-order chi connectivity index (χ0) is 19.4.